The van der Waals surface area contributed by atoms with Gasteiger partial charge in [-0.3, -0.25) is 9.69 Å². The summed E-state index contributed by atoms with van der Waals surface area (Å²) in [5.41, 5.74) is 11.8. The van der Waals surface area contributed by atoms with Gasteiger partial charge >= 0.3 is 6.09 Å². The van der Waals surface area contributed by atoms with Gasteiger partial charge in [0.15, 0.2) is 0 Å². The summed E-state index contributed by atoms with van der Waals surface area (Å²) >= 11 is 0. The van der Waals surface area contributed by atoms with Crippen LogP contribution in [0.1, 0.15) is 84.0 Å². The zero-order valence-electron chi connectivity index (χ0n) is 27.4. The molecule has 4 N–H and O–H groups in total. The third-order valence-corrected chi connectivity index (χ3v) is 8.97. The van der Waals surface area contributed by atoms with Crippen molar-refractivity contribution in [3.63, 3.8) is 0 Å². The highest BCUT2D eigenvalue weighted by Gasteiger charge is 2.36. The number of nitrogens with zero attached hydrogens (tertiary/aromatic N) is 4. The number of benzene rings is 2. The second-order valence-electron chi connectivity index (χ2n) is 13.8. The standard InChI is InChI=1S/C36H45N7O3/c1-22(2)31(37)34(44)42-18-6-8-29(42)32-38-20-27(40-32)25-14-10-23(11-15-25)24-12-16-26(17-13-24)28-21-39-33(41-28)30-9-7-19-43(30)35(45)46-36(3,4)5/h10-17,20-22,29-31H,6-9,18-19,37H2,1-5H3,(H,38,40)(H,39,41)/t29-,30?,31?/m0/s1. The van der Waals surface area contributed by atoms with E-state index in [-0.39, 0.29) is 30.0 Å². The molecule has 0 aliphatic carbocycles. The van der Waals surface area contributed by atoms with Crippen LogP contribution in [-0.2, 0) is 9.53 Å². The molecule has 0 radical (unpaired) electrons. The average Bonchev–Trinajstić information content (AvgIpc) is 3.85. The maximum atomic E-state index is 13.0. The molecule has 4 aromatic rings. The van der Waals surface area contributed by atoms with E-state index < -0.39 is 11.6 Å². The van der Waals surface area contributed by atoms with Crippen molar-refractivity contribution in [3.8, 4) is 33.6 Å². The number of likely N-dealkylation sites (tertiary alicyclic amines) is 2. The van der Waals surface area contributed by atoms with E-state index in [1.54, 1.807) is 4.90 Å². The number of rotatable bonds is 7. The molecule has 242 valence electrons. The number of aromatic amines is 2. The number of nitrogens with two attached hydrogens (primary N) is 1. The van der Waals surface area contributed by atoms with E-state index in [9.17, 15) is 9.59 Å². The first-order chi connectivity index (χ1) is 22.0. The molecule has 2 aliphatic heterocycles. The lowest BCUT2D eigenvalue weighted by atomic mass is 10.0. The summed E-state index contributed by atoms with van der Waals surface area (Å²) in [6.07, 6.45) is 6.98. The largest absolute Gasteiger partial charge is 0.444 e. The summed E-state index contributed by atoms with van der Waals surface area (Å²) in [7, 11) is 0. The highest BCUT2D eigenvalue weighted by Crippen LogP contribution is 2.35. The number of carbonyl (C=O) groups excluding carboxylic acids is 2. The predicted molar refractivity (Wildman–Crippen MR) is 178 cm³/mol. The first-order valence-electron chi connectivity index (χ1n) is 16.4. The molecule has 0 spiro atoms. The fraction of sp³-hybridized carbons (Fsp3) is 0.444. The van der Waals surface area contributed by atoms with E-state index in [1.807, 2.05) is 51.9 Å². The van der Waals surface area contributed by atoms with E-state index in [0.29, 0.717) is 13.1 Å². The summed E-state index contributed by atoms with van der Waals surface area (Å²) in [5, 5.41) is 0. The van der Waals surface area contributed by atoms with Gasteiger partial charge in [0.25, 0.3) is 0 Å². The van der Waals surface area contributed by atoms with Gasteiger partial charge in [0.1, 0.15) is 17.2 Å². The van der Waals surface area contributed by atoms with Crippen molar-refractivity contribution >= 4 is 12.0 Å². The highest BCUT2D eigenvalue weighted by molar-refractivity contribution is 5.82. The number of H-pyrrole nitrogens is 2. The molecule has 10 nitrogen and oxygen atoms in total. The van der Waals surface area contributed by atoms with E-state index in [1.165, 1.54) is 0 Å². The molecule has 4 heterocycles. The van der Waals surface area contributed by atoms with Crippen molar-refractivity contribution in [3.05, 3.63) is 72.6 Å². The Hall–Kier alpha value is -4.44. The van der Waals surface area contributed by atoms with Crippen LogP contribution in [0, 0.1) is 5.92 Å². The van der Waals surface area contributed by atoms with Crippen LogP contribution in [0.5, 0.6) is 0 Å². The van der Waals surface area contributed by atoms with Gasteiger partial charge < -0.3 is 25.3 Å². The predicted octanol–water partition coefficient (Wildman–Crippen LogP) is 6.85. The van der Waals surface area contributed by atoms with Gasteiger partial charge in [0, 0.05) is 13.1 Å². The molecule has 10 heteroatoms. The van der Waals surface area contributed by atoms with Gasteiger partial charge in [0.05, 0.1) is 41.9 Å². The van der Waals surface area contributed by atoms with Gasteiger partial charge in [-0.1, -0.05) is 62.4 Å². The second kappa shape index (κ2) is 12.7. The first-order valence-corrected chi connectivity index (χ1v) is 16.4. The Morgan fingerprint density at radius 3 is 1.67 bits per heavy atom. The Bertz CT molecular complexity index is 1670. The average molecular weight is 624 g/mol. The van der Waals surface area contributed by atoms with E-state index in [2.05, 4.69) is 68.5 Å². The number of hydrogen-bond donors (Lipinski definition) is 3. The number of ether oxygens (including phenoxy) is 1. The topological polar surface area (TPSA) is 133 Å². The first kappa shape index (κ1) is 31.5. The van der Waals surface area contributed by atoms with Crippen LogP contribution in [0.15, 0.2) is 60.9 Å². The Kier molecular flexibility index (Phi) is 8.74. The van der Waals surface area contributed by atoms with Crippen molar-refractivity contribution in [1.29, 1.82) is 0 Å². The molecule has 2 unspecified atom stereocenters. The minimum atomic E-state index is -0.536. The lowest BCUT2D eigenvalue weighted by Gasteiger charge is -2.27. The molecule has 0 bridgehead atoms. The minimum absolute atomic E-state index is 0.00236. The molecule has 46 heavy (non-hydrogen) atoms. The van der Waals surface area contributed by atoms with Crippen LogP contribution in [0.2, 0.25) is 0 Å². The van der Waals surface area contributed by atoms with Crippen LogP contribution in [0.3, 0.4) is 0 Å². The van der Waals surface area contributed by atoms with Crippen LogP contribution < -0.4 is 5.73 Å². The molecule has 2 aromatic carbocycles. The Morgan fingerprint density at radius 2 is 1.22 bits per heavy atom. The number of imidazole rings is 2. The molecule has 2 fully saturated rings. The maximum absolute atomic E-state index is 13.0. The van der Waals surface area contributed by atoms with Crippen molar-refractivity contribution in [2.45, 2.75) is 84.0 Å². The molecule has 6 rings (SSSR count). The van der Waals surface area contributed by atoms with Gasteiger partial charge in [0.2, 0.25) is 5.91 Å². The fourth-order valence-corrected chi connectivity index (χ4v) is 6.37. The monoisotopic (exact) mass is 623 g/mol. The molecular weight excluding hydrogens is 578 g/mol. The zero-order valence-corrected chi connectivity index (χ0v) is 27.4. The lowest BCUT2D eigenvalue weighted by Crippen LogP contribution is -2.46. The number of carbonyl (C=O) groups is 2. The Labute approximate surface area is 270 Å². The van der Waals surface area contributed by atoms with E-state index >= 15 is 0 Å². The van der Waals surface area contributed by atoms with Gasteiger partial charge in [-0.2, -0.15) is 0 Å². The lowest BCUT2D eigenvalue weighted by molar-refractivity contribution is -0.134. The Balaban J connectivity index is 1.11. The van der Waals surface area contributed by atoms with Crippen LogP contribution >= 0.6 is 0 Å². The molecule has 0 saturated carbocycles. The van der Waals surface area contributed by atoms with Gasteiger partial charge in [-0.05, 0) is 74.6 Å². The second-order valence-corrected chi connectivity index (χ2v) is 13.8. The van der Waals surface area contributed by atoms with E-state index in [4.69, 9.17) is 10.5 Å². The van der Waals surface area contributed by atoms with Crippen molar-refractivity contribution in [1.82, 2.24) is 29.7 Å². The summed E-state index contributed by atoms with van der Waals surface area (Å²) in [6, 6.07) is 16.1. The molecule has 3 atom stereocenters. The fourth-order valence-electron chi connectivity index (χ4n) is 6.37. The quantitative estimate of drug-likeness (QED) is 0.206. The smallest absolute Gasteiger partial charge is 0.410 e. The van der Waals surface area contributed by atoms with Gasteiger partial charge in [-0.25, -0.2) is 14.8 Å². The SMILES string of the molecule is CC(C)C(N)C(=O)N1CCC[C@H]1c1ncc(-c2ccc(-c3ccc(-c4cnc(C5CCCN5C(=O)OC(C)(C)C)[nH]4)cc3)cc2)[nH]1. The number of hydrogen-bond acceptors (Lipinski definition) is 6. The normalized spacial score (nSPS) is 19.2. The summed E-state index contributed by atoms with van der Waals surface area (Å²) in [5.74, 6) is 1.68. The minimum Gasteiger partial charge on any atom is -0.444 e. The summed E-state index contributed by atoms with van der Waals surface area (Å²) in [4.78, 5) is 45.6. The molecule has 2 aromatic heterocycles. The van der Waals surface area contributed by atoms with Crippen LogP contribution in [0.4, 0.5) is 4.79 Å². The van der Waals surface area contributed by atoms with Crippen molar-refractivity contribution in [2.24, 2.45) is 11.7 Å². The summed E-state index contributed by atoms with van der Waals surface area (Å²) < 4.78 is 5.62. The molecule has 2 amide bonds. The molecule has 2 aliphatic rings. The van der Waals surface area contributed by atoms with Crippen molar-refractivity contribution in [2.75, 3.05) is 13.1 Å². The molecular formula is C36H45N7O3. The van der Waals surface area contributed by atoms with Crippen LogP contribution in [-0.4, -0.2) is 66.5 Å². The summed E-state index contributed by atoms with van der Waals surface area (Å²) in [6.45, 7) is 11.0. The maximum Gasteiger partial charge on any atom is 0.410 e. The van der Waals surface area contributed by atoms with Crippen LogP contribution in [0.25, 0.3) is 33.6 Å². The number of aromatic nitrogens is 4. The Morgan fingerprint density at radius 1 is 0.783 bits per heavy atom. The third kappa shape index (κ3) is 6.58. The zero-order chi connectivity index (χ0) is 32.6. The van der Waals surface area contributed by atoms with Gasteiger partial charge in [-0.15, -0.1) is 0 Å². The third-order valence-electron chi connectivity index (χ3n) is 8.97. The molecule has 2 saturated heterocycles. The van der Waals surface area contributed by atoms with Crippen molar-refractivity contribution < 1.29 is 14.3 Å². The van der Waals surface area contributed by atoms with E-state index in [0.717, 1.165) is 71.0 Å². The number of amides is 2. The number of nitrogens with one attached hydrogen (secondary N) is 2. The highest BCUT2D eigenvalue weighted by atomic mass is 16.6.